The van der Waals surface area contributed by atoms with Gasteiger partial charge in [0.25, 0.3) is 0 Å². The molecule has 1 rings (SSSR count). The fourth-order valence-corrected chi connectivity index (χ4v) is 2.70. The summed E-state index contributed by atoms with van der Waals surface area (Å²) in [7, 11) is 0. The topological polar surface area (TPSA) is 41.1 Å². The molecule has 1 unspecified atom stereocenters. The molecule has 0 saturated heterocycles. The van der Waals surface area contributed by atoms with Crippen LogP contribution in [0, 0.1) is 5.92 Å². The van der Waals surface area contributed by atoms with E-state index in [9.17, 15) is 4.79 Å². The highest BCUT2D eigenvalue weighted by atomic mass is 32.1. The van der Waals surface area contributed by atoms with Crippen LogP contribution in [0.15, 0.2) is 17.5 Å². The Balaban J connectivity index is 2.44. The van der Waals surface area contributed by atoms with Gasteiger partial charge in [-0.15, -0.1) is 11.3 Å². The van der Waals surface area contributed by atoms with Crippen LogP contribution in [0.2, 0.25) is 0 Å². The predicted octanol–water partition coefficient (Wildman–Crippen LogP) is 2.95. The van der Waals surface area contributed by atoms with Gasteiger partial charge in [0.05, 0.1) is 6.04 Å². The van der Waals surface area contributed by atoms with Crippen molar-refractivity contribution in [1.29, 1.82) is 0 Å². The summed E-state index contributed by atoms with van der Waals surface area (Å²) in [6, 6.07) is 4.68. The lowest BCUT2D eigenvalue weighted by Gasteiger charge is -2.21. The molecule has 0 aliphatic heterocycles. The van der Waals surface area contributed by atoms with Crippen LogP contribution < -0.4 is 10.6 Å². The van der Waals surface area contributed by atoms with Crippen LogP contribution in [0.3, 0.4) is 0 Å². The van der Waals surface area contributed by atoms with Crippen molar-refractivity contribution in [3.8, 4) is 0 Å². The Kier molecular flexibility index (Phi) is 6.36. The van der Waals surface area contributed by atoms with Crippen LogP contribution in [-0.4, -0.2) is 18.5 Å². The van der Waals surface area contributed by atoms with Crippen LogP contribution in [0.1, 0.15) is 45.0 Å². The minimum atomic E-state index is 0.121. The number of hydrogen-bond donors (Lipinski definition) is 2. The van der Waals surface area contributed by atoms with Gasteiger partial charge in [-0.2, -0.15) is 0 Å². The van der Waals surface area contributed by atoms with Crippen molar-refractivity contribution in [1.82, 2.24) is 10.6 Å². The van der Waals surface area contributed by atoms with Gasteiger partial charge >= 0.3 is 0 Å². The zero-order chi connectivity index (χ0) is 13.5. The van der Waals surface area contributed by atoms with Gasteiger partial charge in [0.15, 0.2) is 0 Å². The summed E-state index contributed by atoms with van der Waals surface area (Å²) in [4.78, 5) is 13.1. The number of amides is 1. The standard InChI is InChI=1S/C14H24N2OS/c1-10(2)14(12-6-5-9-18-12)16-13(17)7-8-15-11(3)4/h5-6,9-11,14-15H,7-8H2,1-4H3,(H,16,17). The Morgan fingerprint density at radius 3 is 2.56 bits per heavy atom. The maximum Gasteiger partial charge on any atom is 0.221 e. The average Bonchev–Trinajstić information content (AvgIpc) is 2.78. The first-order valence-corrected chi connectivity index (χ1v) is 7.44. The number of hydrogen-bond acceptors (Lipinski definition) is 3. The molecule has 2 N–H and O–H groups in total. The third kappa shape index (κ3) is 5.19. The molecule has 1 heterocycles. The van der Waals surface area contributed by atoms with Gasteiger partial charge in [-0.25, -0.2) is 0 Å². The Bertz CT molecular complexity index is 347. The summed E-state index contributed by atoms with van der Waals surface area (Å²) in [5.41, 5.74) is 0. The van der Waals surface area contributed by atoms with E-state index >= 15 is 0 Å². The van der Waals surface area contributed by atoms with E-state index in [1.807, 2.05) is 6.07 Å². The van der Waals surface area contributed by atoms with Crippen LogP contribution in [0.5, 0.6) is 0 Å². The van der Waals surface area contributed by atoms with Gasteiger partial charge in [0.1, 0.15) is 0 Å². The first-order chi connectivity index (χ1) is 8.50. The first kappa shape index (κ1) is 15.2. The highest BCUT2D eigenvalue weighted by Crippen LogP contribution is 2.25. The molecule has 102 valence electrons. The molecular weight excluding hydrogens is 244 g/mol. The lowest BCUT2D eigenvalue weighted by atomic mass is 10.0. The van der Waals surface area contributed by atoms with E-state index in [4.69, 9.17) is 0 Å². The SMILES string of the molecule is CC(C)NCCC(=O)NC(c1cccs1)C(C)C. The number of nitrogens with one attached hydrogen (secondary N) is 2. The number of carbonyl (C=O) groups is 1. The van der Waals surface area contributed by atoms with Crippen LogP contribution in [-0.2, 0) is 4.79 Å². The molecule has 0 spiro atoms. The summed E-state index contributed by atoms with van der Waals surface area (Å²) in [6.07, 6.45) is 0.534. The average molecular weight is 268 g/mol. The van der Waals surface area contributed by atoms with E-state index < -0.39 is 0 Å². The molecule has 0 radical (unpaired) electrons. The zero-order valence-corrected chi connectivity index (χ0v) is 12.5. The van der Waals surface area contributed by atoms with Crippen molar-refractivity contribution in [3.63, 3.8) is 0 Å². The van der Waals surface area contributed by atoms with Gasteiger partial charge in [-0.05, 0) is 17.4 Å². The molecule has 0 bridgehead atoms. The largest absolute Gasteiger partial charge is 0.348 e. The molecule has 4 heteroatoms. The molecule has 1 aromatic rings. The smallest absolute Gasteiger partial charge is 0.221 e. The van der Waals surface area contributed by atoms with Gasteiger partial charge in [0.2, 0.25) is 5.91 Å². The quantitative estimate of drug-likeness (QED) is 0.798. The molecule has 1 aromatic heterocycles. The van der Waals surface area contributed by atoms with E-state index in [0.717, 1.165) is 6.54 Å². The fourth-order valence-electron chi connectivity index (χ4n) is 1.75. The fraction of sp³-hybridized carbons (Fsp3) is 0.643. The second-order valence-electron chi connectivity index (χ2n) is 5.16. The molecule has 3 nitrogen and oxygen atoms in total. The number of thiophene rings is 1. The summed E-state index contributed by atoms with van der Waals surface area (Å²) >= 11 is 1.70. The minimum Gasteiger partial charge on any atom is -0.348 e. The Morgan fingerprint density at radius 2 is 2.06 bits per heavy atom. The van der Waals surface area contributed by atoms with E-state index in [2.05, 4.69) is 49.8 Å². The molecule has 0 saturated carbocycles. The second-order valence-corrected chi connectivity index (χ2v) is 6.14. The monoisotopic (exact) mass is 268 g/mol. The van der Waals surface area contributed by atoms with Crippen molar-refractivity contribution in [2.24, 2.45) is 5.92 Å². The Labute approximate surface area is 114 Å². The molecule has 18 heavy (non-hydrogen) atoms. The van der Waals surface area contributed by atoms with Crippen molar-refractivity contribution in [3.05, 3.63) is 22.4 Å². The molecule has 0 fully saturated rings. The number of rotatable bonds is 7. The molecule has 1 atom stereocenters. The van der Waals surface area contributed by atoms with Gasteiger partial charge in [0, 0.05) is 23.9 Å². The summed E-state index contributed by atoms with van der Waals surface area (Å²) < 4.78 is 0. The summed E-state index contributed by atoms with van der Waals surface area (Å²) in [5.74, 6) is 0.529. The molecular formula is C14H24N2OS. The molecule has 0 aromatic carbocycles. The highest BCUT2D eigenvalue weighted by Gasteiger charge is 2.18. The van der Waals surface area contributed by atoms with Crippen LogP contribution >= 0.6 is 11.3 Å². The predicted molar refractivity (Wildman–Crippen MR) is 77.8 cm³/mol. The van der Waals surface area contributed by atoms with E-state index in [1.54, 1.807) is 11.3 Å². The van der Waals surface area contributed by atoms with Gasteiger partial charge in [-0.3, -0.25) is 4.79 Å². The highest BCUT2D eigenvalue weighted by molar-refractivity contribution is 7.10. The summed E-state index contributed by atoms with van der Waals surface area (Å²) in [6.45, 7) is 9.17. The van der Waals surface area contributed by atoms with Gasteiger partial charge < -0.3 is 10.6 Å². The maximum atomic E-state index is 11.9. The molecule has 0 aliphatic carbocycles. The molecule has 0 aliphatic rings. The van der Waals surface area contributed by atoms with E-state index in [-0.39, 0.29) is 11.9 Å². The lowest BCUT2D eigenvalue weighted by Crippen LogP contribution is -2.34. The first-order valence-electron chi connectivity index (χ1n) is 6.57. The Morgan fingerprint density at radius 1 is 1.33 bits per heavy atom. The third-order valence-electron chi connectivity index (χ3n) is 2.74. The maximum absolute atomic E-state index is 11.9. The zero-order valence-electron chi connectivity index (χ0n) is 11.7. The molecule has 1 amide bonds. The normalized spacial score (nSPS) is 13.0. The summed E-state index contributed by atoms with van der Waals surface area (Å²) in [5, 5.41) is 8.43. The lowest BCUT2D eigenvalue weighted by molar-refractivity contribution is -0.122. The van der Waals surface area contributed by atoms with Gasteiger partial charge in [-0.1, -0.05) is 33.8 Å². The van der Waals surface area contributed by atoms with Crippen molar-refractivity contribution < 1.29 is 4.79 Å². The van der Waals surface area contributed by atoms with E-state index in [1.165, 1.54) is 4.88 Å². The Hall–Kier alpha value is -0.870. The van der Waals surface area contributed by atoms with Crippen LogP contribution in [0.25, 0.3) is 0 Å². The number of carbonyl (C=O) groups excluding carboxylic acids is 1. The van der Waals surface area contributed by atoms with E-state index in [0.29, 0.717) is 18.4 Å². The van der Waals surface area contributed by atoms with Crippen molar-refractivity contribution in [2.75, 3.05) is 6.54 Å². The van der Waals surface area contributed by atoms with Crippen LogP contribution in [0.4, 0.5) is 0 Å². The van der Waals surface area contributed by atoms with Crippen molar-refractivity contribution in [2.45, 2.75) is 46.2 Å². The second kappa shape index (κ2) is 7.54. The minimum absolute atomic E-state index is 0.121. The third-order valence-corrected chi connectivity index (χ3v) is 3.69. The van der Waals surface area contributed by atoms with Crippen molar-refractivity contribution >= 4 is 17.2 Å².